The molecule has 0 unspecified atom stereocenters. The topological polar surface area (TPSA) is 74.7 Å². The highest BCUT2D eigenvalue weighted by Gasteiger charge is 2.39. The molecule has 0 aromatic heterocycles. The summed E-state index contributed by atoms with van der Waals surface area (Å²) < 4.78 is 24.7. The molecule has 15 heavy (non-hydrogen) atoms. The van der Waals surface area contributed by atoms with Crippen LogP contribution in [0.5, 0.6) is 0 Å². The van der Waals surface area contributed by atoms with E-state index in [9.17, 15) is 13.2 Å². The van der Waals surface area contributed by atoms with Gasteiger partial charge in [0.05, 0.1) is 11.6 Å². The van der Waals surface area contributed by atoms with Crippen molar-refractivity contribution in [2.75, 3.05) is 17.4 Å². The molecule has 1 fully saturated rings. The minimum atomic E-state index is -3.42. The van der Waals surface area contributed by atoms with Crippen LogP contribution >= 0.6 is 11.8 Å². The summed E-state index contributed by atoms with van der Waals surface area (Å²) in [5, 5.41) is 8.86. The van der Waals surface area contributed by atoms with E-state index in [1.165, 1.54) is 11.8 Å². The Labute approximate surface area is 93.9 Å². The molecule has 1 N–H and O–H groups in total. The SMILES string of the molecule is CC(C)CS(=O)(=O)N1CSC[C@H]1C(=O)O. The molecule has 5 nitrogen and oxygen atoms in total. The molecule has 1 aliphatic heterocycles. The molecule has 7 heteroatoms. The molecular formula is C8H15NO4S2. The summed E-state index contributed by atoms with van der Waals surface area (Å²) in [6.45, 7) is 3.60. The van der Waals surface area contributed by atoms with Crippen LogP contribution in [0.4, 0.5) is 0 Å². The van der Waals surface area contributed by atoms with Crippen LogP contribution in [0, 0.1) is 5.92 Å². The molecule has 0 aliphatic carbocycles. The minimum Gasteiger partial charge on any atom is -0.480 e. The van der Waals surface area contributed by atoms with Crippen LogP contribution in [0.2, 0.25) is 0 Å². The number of carboxylic acid groups (broad SMARTS) is 1. The van der Waals surface area contributed by atoms with Crippen molar-refractivity contribution >= 4 is 27.8 Å². The summed E-state index contributed by atoms with van der Waals surface area (Å²) in [7, 11) is -3.42. The first-order valence-electron chi connectivity index (χ1n) is 4.64. The van der Waals surface area contributed by atoms with Gasteiger partial charge in [-0.3, -0.25) is 4.79 Å². The number of hydrogen-bond acceptors (Lipinski definition) is 4. The lowest BCUT2D eigenvalue weighted by Gasteiger charge is -2.20. The van der Waals surface area contributed by atoms with Crippen LogP contribution in [-0.2, 0) is 14.8 Å². The van der Waals surface area contributed by atoms with Crippen molar-refractivity contribution in [2.45, 2.75) is 19.9 Å². The van der Waals surface area contributed by atoms with Crippen molar-refractivity contribution in [3.8, 4) is 0 Å². The van der Waals surface area contributed by atoms with Crippen molar-refractivity contribution in [3.63, 3.8) is 0 Å². The third kappa shape index (κ3) is 3.09. The van der Waals surface area contributed by atoms with Crippen LogP contribution in [0.15, 0.2) is 0 Å². The molecule has 1 saturated heterocycles. The van der Waals surface area contributed by atoms with E-state index in [2.05, 4.69) is 0 Å². The Kier molecular flexibility index (Phi) is 4.02. The van der Waals surface area contributed by atoms with E-state index in [4.69, 9.17) is 5.11 Å². The maximum atomic E-state index is 11.8. The summed E-state index contributed by atoms with van der Waals surface area (Å²) in [5.74, 6) is -0.446. The monoisotopic (exact) mass is 253 g/mol. The zero-order valence-corrected chi connectivity index (χ0v) is 10.3. The number of carboxylic acids is 1. The molecule has 1 aliphatic rings. The van der Waals surface area contributed by atoms with Crippen molar-refractivity contribution in [1.82, 2.24) is 4.31 Å². The Bertz CT molecular complexity index is 339. The number of aliphatic carboxylic acids is 1. The highest BCUT2D eigenvalue weighted by Crippen LogP contribution is 2.25. The van der Waals surface area contributed by atoms with Gasteiger partial charge in [0.2, 0.25) is 10.0 Å². The fourth-order valence-corrected chi connectivity index (χ4v) is 4.97. The van der Waals surface area contributed by atoms with Crippen molar-refractivity contribution in [3.05, 3.63) is 0 Å². The first-order chi connectivity index (χ1) is 6.84. The van der Waals surface area contributed by atoms with Crippen LogP contribution in [0.1, 0.15) is 13.8 Å². The van der Waals surface area contributed by atoms with E-state index in [0.29, 0.717) is 5.75 Å². The molecule has 0 aromatic carbocycles. The van der Waals surface area contributed by atoms with Gasteiger partial charge in [0.15, 0.2) is 0 Å². The van der Waals surface area contributed by atoms with Gasteiger partial charge in [-0.1, -0.05) is 13.8 Å². The van der Waals surface area contributed by atoms with Gasteiger partial charge in [-0.2, -0.15) is 4.31 Å². The van der Waals surface area contributed by atoms with E-state index in [-0.39, 0.29) is 17.5 Å². The third-order valence-corrected chi connectivity index (χ3v) is 5.39. The second kappa shape index (κ2) is 4.71. The molecule has 0 saturated carbocycles. The smallest absolute Gasteiger partial charge is 0.322 e. The number of carbonyl (C=O) groups is 1. The van der Waals surface area contributed by atoms with Gasteiger partial charge in [0.1, 0.15) is 6.04 Å². The zero-order valence-electron chi connectivity index (χ0n) is 8.71. The first-order valence-corrected chi connectivity index (χ1v) is 7.41. The van der Waals surface area contributed by atoms with Gasteiger partial charge in [0, 0.05) is 5.75 Å². The molecular weight excluding hydrogens is 238 g/mol. The second-order valence-corrected chi connectivity index (χ2v) is 6.88. The number of thioether (sulfide) groups is 1. The lowest BCUT2D eigenvalue weighted by molar-refractivity contribution is -0.140. The highest BCUT2D eigenvalue weighted by molar-refractivity contribution is 8.00. The molecule has 1 heterocycles. The lowest BCUT2D eigenvalue weighted by Crippen LogP contribution is -2.43. The average molecular weight is 253 g/mol. The second-order valence-electron chi connectivity index (χ2n) is 3.91. The lowest BCUT2D eigenvalue weighted by atomic mass is 10.3. The third-order valence-electron chi connectivity index (χ3n) is 2.03. The van der Waals surface area contributed by atoms with Gasteiger partial charge in [-0.05, 0) is 5.92 Å². The quantitative estimate of drug-likeness (QED) is 0.786. The number of rotatable bonds is 4. The summed E-state index contributed by atoms with van der Waals surface area (Å²) in [6.07, 6.45) is 0. The number of nitrogens with zero attached hydrogens (tertiary/aromatic N) is 1. The van der Waals surface area contributed by atoms with Crippen LogP contribution in [0.3, 0.4) is 0 Å². The average Bonchev–Trinajstić information content (AvgIpc) is 2.48. The predicted molar refractivity (Wildman–Crippen MR) is 59.2 cm³/mol. The Morgan fingerprint density at radius 3 is 2.67 bits per heavy atom. The highest BCUT2D eigenvalue weighted by atomic mass is 32.2. The molecule has 1 rings (SSSR count). The van der Waals surface area contributed by atoms with E-state index >= 15 is 0 Å². The number of hydrogen-bond donors (Lipinski definition) is 1. The Balaban J connectivity index is 2.82. The van der Waals surface area contributed by atoms with Crippen LogP contribution in [-0.4, -0.2) is 47.2 Å². The van der Waals surface area contributed by atoms with Crippen molar-refractivity contribution in [1.29, 1.82) is 0 Å². The van der Waals surface area contributed by atoms with Crippen LogP contribution in [0.25, 0.3) is 0 Å². The maximum Gasteiger partial charge on any atom is 0.322 e. The maximum absolute atomic E-state index is 11.8. The van der Waals surface area contributed by atoms with E-state index < -0.39 is 22.0 Å². The zero-order chi connectivity index (χ0) is 11.6. The fraction of sp³-hybridized carbons (Fsp3) is 0.875. The predicted octanol–water partition coefficient (Wildman–Crippen LogP) is 0.432. The van der Waals surface area contributed by atoms with Gasteiger partial charge < -0.3 is 5.11 Å². The molecule has 1 atom stereocenters. The van der Waals surface area contributed by atoms with Gasteiger partial charge in [-0.15, -0.1) is 11.8 Å². The molecule has 0 bridgehead atoms. The largest absolute Gasteiger partial charge is 0.480 e. The molecule has 0 aromatic rings. The van der Waals surface area contributed by atoms with Gasteiger partial charge in [0.25, 0.3) is 0 Å². The Morgan fingerprint density at radius 2 is 2.20 bits per heavy atom. The molecule has 0 spiro atoms. The van der Waals surface area contributed by atoms with Crippen LogP contribution < -0.4 is 0 Å². The van der Waals surface area contributed by atoms with Gasteiger partial charge >= 0.3 is 5.97 Å². The minimum absolute atomic E-state index is 0.00930. The van der Waals surface area contributed by atoms with E-state index in [0.717, 1.165) is 4.31 Å². The molecule has 0 amide bonds. The standard InChI is InChI=1S/C8H15NO4S2/c1-6(2)4-15(12,13)9-5-14-3-7(9)8(10)11/h6-7H,3-5H2,1-2H3,(H,10,11)/t7-/m0/s1. The first kappa shape index (κ1) is 12.8. The van der Waals surface area contributed by atoms with E-state index in [1.807, 2.05) is 0 Å². The Hall–Kier alpha value is -0.270. The van der Waals surface area contributed by atoms with Crippen molar-refractivity contribution in [2.24, 2.45) is 5.92 Å². The molecule has 0 radical (unpaired) electrons. The van der Waals surface area contributed by atoms with Gasteiger partial charge in [-0.25, -0.2) is 8.42 Å². The fourth-order valence-electron chi connectivity index (χ4n) is 1.41. The molecule has 88 valence electrons. The Morgan fingerprint density at radius 1 is 1.60 bits per heavy atom. The number of sulfonamides is 1. The van der Waals surface area contributed by atoms with Crippen molar-refractivity contribution < 1.29 is 18.3 Å². The summed E-state index contributed by atoms with van der Waals surface area (Å²) in [5.41, 5.74) is 0. The normalized spacial score (nSPS) is 23.5. The summed E-state index contributed by atoms with van der Waals surface area (Å²) in [6, 6.07) is -0.890. The summed E-state index contributed by atoms with van der Waals surface area (Å²) >= 11 is 1.34. The summed E-state index contributed by atoms with van der Waals surface area (Å²) in [4.78, 5) is 10.8. The van der Waals surface area contributed by atoms with E-state index in [1.54, 1.807) is 13.8 Å².